The van der Waals surface area contributed by atoms with E-state index in [4.69, 9.17) is 4.74 Å². The Hall–Kier alpha value is -0.450. The van der Waals surface area contributed by atoms with Crippen LogP contribution in [-0.4, -0.2) is 24.2 Å². The first-order valence-electron chi connectivity index (χ1n) is 5.37. The second-order valence-corrected chi connectivity index (χ2v) is 5.23. The molecule has 0 radical (unpaired) electrons. The molecule has 0 saturated heterocycles. The average Bonchev–Trinajstić information content (AvgIpc) is 2.87. The van der Waals surface area contributed by atoms with Gasteiger partial charge < -0.3 is 10.1 Å². The lowest BCUT2D eigenvalue weighted by Crippen LogP contribution is -2.49. The van der Waals surface area contributed by atoms with E-state index in [0.29, 0.717) is 6.04 Å². The van der Waals surface area contributed by atoms with Crippen molar-refractivity contribution in [1.82, 2.24) is 10.3 Å². The molecule has 1 saturated carbocycles. The van der Waals surface area contributed by atoms with Gasteiger partial charge in [-0.3, -0.25) is 0 Å². The number of hydrogen-bond acceptors (Lipinski definition) is 4. The number of rotatable bonds is 5. The number of nitrogens with zero attached hydrogens (tertiary/aromatic N) is 1. The topological polar surface area (TPSA) is 34.1 Å². The van der Waals surface area contributed by atoms with Crippen molar-refractivity contribution in [1.29, 1.82) is 0 Å². The maximum Gasteiger partial charge on any atom is 0.115 e. The summed E-state index contributed by atoms with van der Waals surface area (Å²) in [5.41, 5.74) is -0.149. The van der Waals surface area contributed by atoms with Crippen molar-refractivity contribution in [2.75, 3.05) is 7.11 Å². The molecule has 1 heterocycles. The van der Waals surface area contributed by atoms with Gasteiger partial charge in [-0.05, 0) is 26.7 Å². The number of ether oxygens (including phenoxy) is 1. The number of thiazole rings is 1. The predicted octanol–water partition coefficient (Wildman–Crippen LogP) is 2.15. The molecule has 1 fully saturated rings. The van der Waals surface area contributed by atoms with Gasteiger partial charge in [0.05, 0.1) is 11.6 Å². The lowest BCUT2D eigenvalue weighted by atomic mass is 9.96. The van der Waals surface area contributed by atoms with E-state index >= 15 is 0 Å². The van der Waals surface area contributed by atoms with Crippen molar-refractivity contribution in [3.63, 3.8) is 0 Å². The van der Waals surface area contributed by atoms with E-state index in [1.165, 1.54) is 12.8 Å². The Kier molecular flexibility index (Phi) is 3.09. The molecule has 0 amide bonds. The molecule has 2 atom stereocenters. The van der Waals surface area contributed by atoms with Crippen LogP contribution in [-0.2, 0) is 10.3 Å². The Morgan fingerprint density at radius 2 is 2.40 bits per heavy atom. The Labute approximate surface area is 94.9 Å². The van der Waals surface area contributed by atoms with Gasteiger partial charge in [0, 0.05) is 24.7 Å². The van der Waals surface area contributed by atoms with Crippen LogP contribution in [0.4, 0.5) is 0 Å². The zero-order valence-corrected chi connectivity index (χ0v) is 10.3. The van der Waals surface area contributed by atoms with Gasteiger partial charge in [-0.15, -0.1) is 11.3 Å². The van der Waals surface area contributed by atoms with Crippen LogP contribution in [0.5, 0.6) is 0 Å². The summed E-state index contributed by atoms with van der Waals surface area (Å²) in [6.07, 6.45) is 4.54. The summed E-state index contributed by atoms with van der Waals surface area (Å²) < 4.78 is 5.47. The van der Waals surface area contributed by atoms with E-state index in [0.717, 1.165) is 5.01 Å². The molecule has 1 N–H and O–H groups in total. The van der Waals surface area contributed by atoms with Crippen molar-refractivity contribution in [2.45, 2.75) is 44.4 Å². The van der Waals surface area contributed by atoms with Crippen LogP contribution in [0, 0.1) is 0 Å². The smallest absolute Gasteiger partial charge is 0.115 e. The van der Waals surface area contributed by atoms with E-state index in [-0.39, 0.29) is 11.6 Å². The van der Waals surface area contributed by atoms with Crippen molar-refractivity contribution in [2.24, 2.45) is 0 Å². The molecule has 0 aromatic carbocycles. The Morgan fingerprint density at radius 3 is 2.87 bits per heavy atom. The molecule has 84 valence electrons. The molecule has 1 aromatic heterocycles. The molecule has 0 aliphatic heterocycles. The first kappa shape index (κ1) is 11.0. The van der Waals surface area contributed by atoms with Crippen LogP contribution in [0.25, 0.3) is 0 Å². The highest BCUT2D eigenvalue weighted by Gasteiger charge is 2.40. The number of methoxy groups -OCH3 is 1. The van der Waals surface area contributed by atoms with Crippen LogP contribution >= 0.6 is 11.3 Å². The third kappa shape index (κ3) is 2.22. The molecule has 1 aliphatic carbocycles. The lowest BCUT2D eigenvalue weighted by Gasteiger charge is -2.34. The third-order valence-corrected chi connectivity index (χ3v) is 4.14. The molecule has 1 aliphatic rings. The zero-order valence-electron chi connectivity index (χ0n) is 9.49. The SMILES string of the molecule is COC(C)C(C)(NC1CC1)c1nccs1. The van der Waals surface area contributed by atoms with Crippen LogP contribution < -0.4 is 5.32 Å². The molecule has 3 nitrogen and oxygen atoms in total. The zero-order chi connectivity index (χ0) is 10.9. The monoisotopic (exact) mass is 226 g/mol. The Balaban J connectivity index is 2.20. The van der Waals surface area contributed by atoms with Crippen molar-refractivity contribution >= 4 is 11.3 Å². The van der Waals surface area contributed by atoms with E-state index in [9.17, 15) is 0 Å². The third-order valence-electron chi connectivity index (χ3n) is 3.12. The summed E-state index contributed by atoms with van der Waals surface area (Å²) in [6.45, 7) is 4.27. The largest absolute Gasteiger partial charge is 0.379 e. The van der Waals surface area contributed by atoms with E-state index in [1.807, 2.05) is 11.6 Å². The first-order valence-corrected chi connectivity index (χ1v) is 6.25. The average molecular weight is 226 g/mol. The van der Waals surface area contributed by atoms with Gasteiger partial charge in [0.15, 0.2) is 0 Å². The first-order chi connectivity index (χ1) is 7.16. The van der Waals surface area contributed by atoms with Gasteiger partial charge in [-0.1, -0.05) is 0 Å². The molecular weight excluding hydrogens is 208 g/mol. The van der Waals surface area contributed by atoms with E-state index in [1.54, 1.807) is 18.4 Å². The van der Waals surface area contributed by atoms with Crippen LogP contribution in [0.1, 0.15) is 31.7 Å². The van der Waals surface area contributed by atoms with Gasteiger partial charge in [0.25, 0.3) is 0 Å². The minimum atomic E-state index is -0.149. The fourth-order valence-corrected chi connectivity index (χ4v) is 2.56. The van der Waals surface area contributed by atoms with Gasteiger partial charge in [0.2, 0.25) is 0 Å². The highest BCUT2D eigenvalue weighted by atomic mass is 32.1. The fraction of sp³-hybridized carbons (Fsp3) is 0.727. The summed E-state index contributed by atoms with van der Waals surface area (Å²) in [7, 11) is 1.76. The summed E-state index contributed by atoms with van der Waals surface area (Å²) in [6, 6.07) is 0.650. The predicted molar refractivity (Wildman–Crippen MR) is 62.1 cm³/mol. The lowest BCUT2D eigenvalue weighted by molar-refractivity contribution is 0.0350. The van der Waals surface area contributed by atoms with Crippen LogP contribution in [0.2, 0.25) is 0 Å². The van der Waals surface area contributed by atoms with Gasteiger partial charge >= 0.3 is 0 Å². The second-order valence-electron chi connectivity index (χ2n) is 4.34. The number of aromatic nitrogens is 1. The maximum absolute atomic E-state index is 5.47. The van der Waals surface area contributed by atoms with Crippen molar-refractivity contribution in [3.8, 4) is 0 Å². The molecule has 0 spiro atoms. The summed E-state index contributed by atoms with van der Waals surface area (Å²) >= 11 is 1.69. The van der Waals surface area contributed by atoms with Gasteiger partial charge in [-0.25, -0.2) is 4.98 Å². The quantitative estimate of drug-likeness (QED) is 0.835. The molecule has 0 bridgehead atoms. The molecule has 1 aromatic rings. The second kappa shape index (κ2) is 4.20. The molecule has 2 rings (SSSR count). The molecule has 15 heavy (non-hydrogen) atoms. The van der Waals surface area contributed by atoms with Crippen molar-refractivity contribution in [3.05, 3.63) is 16.6 Å². The maximum atomic E-state index is 5.47. The fourth-order valence-electron chi connectivity index (χ4n) is 1.72. The molecule has 2 unspecified atom stereocenters. The summed E-state index contributed by atoms with van der Waals surface area (Å²) in [5.74, 6) is 0. The normalized spacial score (nSPS) is 22.3. The highest BCUT2D eigenvalue weighted by Crippen LogP contribution is 2.33. The number of nitrogens with one attached hydrogen (secondary N) is 1. The molecule has 4 heteroatoms. The Morgan fingerprint density at radius 1 is 1.67 bits per heavy atom. The number of hydrogen-bond donors (Lipinski definition) is 1. The molecular formula is C11H18N2OS. The van der Waals surface area contributed by atoms with Crippen LogP contribution in [0.15, 0.2) is 11.6 Å². The van der Waals surface area contributed by atoms with E-state index in [2.05, 4.69) is 24.1 Å². The van der Waals surface area contributed by atoms with Crippen molar-refractivity contribution < 1.29 is 4.74 Å². The summed E-state index contributed by atoms with van der Waals surface area (Å²) in [5, 5.41) is 6.78. The Bertz CT molecular complexity index is 310. The minimum Gasteiger partial charge on any atom is -0.379 e. The standard InChI is InChI=1S/C11H18N2OS/c1-8(14-3)11(2,13-9-4-5-9)10-12-6-7-15-10/h6-9,13H,4-5H2,1-3H3. The minimum absolute atomic E-state index is 0.129. The van der Waals surface area contributed by atoms with E-state index < -0.39 is 0 Å². The van der Waals surface area contributed by atoms with Crippen LogP contribution in [0.3, 0.4) is 0 Å². The van der Waals surface area contributed by atoms with Gasteiger partial charge in [0.1, 0.15) is 5.01 Å². The van der Waals surface area contributed by atoms with Gasteiger partial charge in [-0.2, -0.15) is 0 Å². The highest BCUT2D eigenvalue weighted by molar-refractivity contribution is 7.09. The summed E-state index contributed by atoms with van der Waals surface area (Å²) in [4.78, 5) is 4.41.